The first-order valence-corrected chi connectivity index (χ1v) is 12.3. The maximum absolute atomic E-state index is 13.3. The fourth-order valence-corrected chi connectivity index (χ4v) is 4.80. The predicted molar refractivity (Wildman–Crippen MR) is 132 cm³/mol. The smallest absolute Gasteiger partial charge is 0.272 e. The molecule has 0 saturated carbocycles. The van der Waals surface area contributed by atoms with Crippen LogP contribution < -0.4 is 4.74 Å². The van der Waals surface area contributed by atoms with Crippen LogP contribution in [-0.4, -0.2) is 84.4 Å². The number of pyridine rings is 1. The number of ether oxygens (including phenoxy) is 1. The van der Waals surface area contributed by atoms with E-state index in [2.05, 4.69) is 16.9 Å². The molecule has 0 radical (unpaired) electrons. The molecule has 182 valence electrons. The molecule has 2 fully saturated rings. The molecule has 0 aliphatic carbocycles. The summed E-state index contributed by atoms with van der Waals surface area (Å²) in [5, 5.41) is 0.656. The Bertz CT molecular complexity index is 997. The second kappa shape index (κ2) is 10.7. The fourth-order valence-electron chi connectivity index (χ4n) is 4.67. The Morgan fingerprint density at radius 2 is 1.68 bits per heavy atom. The summed E-state index contributed by atoms with van der Waals surface area (Å²) < 4.78 is 6.16. The molecule has 3 heterocycles. The Balaban J connectivity index is 1.45. The molecule has 34 heavy (non-hydrogen) atoms. The van der Waals surface area contributed by atoms with E-state index in [1.54, 1.807) is 18.3 Å². The minimum absolute atomic E-state index is 0.0456. The van der Waals surface area contributed by atoms with E-state index in [9.17, 15) is 9.59 Å². The van der Waals surface area contributed by atoms with Crippen molar-refractivity contribution in [2.24, 2.45) is 5.41 Å². The molecule has 2 aliphatic rings. The van der Waals surface area contributed by atoms with Gasteiger partial charge >= 0.3 is 0 Å². The first kappa shape index (κ1) is 24.5. The third-order valence-corrected chi connectivity index (χ3v) is 7.32. The highest BCUT2D eigenvalue weighted by Gasteiger charge is 2.40. The number of aryl methyl sites for hydroxylation is 1. The Labute approximate surface area is 206 Å². The maximum Gasteiger partial charge on any atom is 0.272 e. The van der Waals surface area contributed by atoms with Crippen molar-refractivity contribution >= 4 is 23.4 Å². The van der Waals surface area contributed by atoms with Gasteiger partial charge in [-0.1, -0.05) is 17.7 Å². The van der Waals surface area contributed by atoms with Crippen molar-refractivity contribution in [1.82, 2.24) is 19.7 Å². The molecule has 1 aromatic heterocycles. The van der Waals surface area contributed by atoms with Crippen molar-refractivity contribution in [1.29, 1.82) is 0 Å². The van der Waals surface area contributed by atoms with Crippen LogP contribution in [-0.2, 0) is 4.79 Å². The van der Waals surface area contributed by atoms with Gasteiger partial charge in [-0.25, -0.2) is 0 Å². The van der Waals surface area contributed by atoms with E-state index < -0.39 is 0 Å². The lowest BCUT2D eigenvalue weighted by Crippen LogP contribution is -2.51. The van der Waals surface area contributed by atoms with E-state index >= 15 is 0 Å². The highest BCUT2D eigenvalue weighted by molar-refractivity contribution is 6.30. The minimum atomic E-state index is -0.323. The standard InChI is InChI=1S/C26H33ClN4O3/c1-20-4-3-11-28-24(20)25(33)31-12-9-26(10-13-31,19-34-22-7-5-21(27)6-8-22)18-23(32)30-16-14-29(2)15-17-30/h3-8,11H,9-10,12-19H2,1-2H3. The zero-order valence-electron chi connectivity index (χ0n) is 20.0. The lowest BCUT2D eigenvalue weighted by Gasteiger charge is -2.42. The monoisotopic (exact) mass is 484 g/mol. The number of piperidine rings is 1. The zero-order chi connectivity index (χ0) is 24.1. The SMILES string of the molecule is Cc1cccnc1C(=O)N1CCC(COc2ccc(Cl)cc2)(CC(=O)N2CCN(C)CC2)CC1. The van der Waals surface area contributed by atoms with Gasteiger partial charge in [0.1, 0.15) is 11.4 Å². The van der Waals surface area contributed by atoms with E-state index in [0.29, 0.717) is 49.7 Å². The van der Waals surface area contributed by atoms with Crippen LogP contribution >= 0.6 is 11.6 Å². The van der Waals surface area contributed by atoms with E-state index in [-0.39, 0.29) is 17.2 Å². The van der Waals surface area contributed by atoms with Gasteiger partial charge in [0.05, 0.1) is 6.61 Å². The first-order valence-electron chi connectivity index (χ1n) is 11.9. The summed E-state index contributed by atoms with van der Waals surface area (Å²) in [4.78, 5) is 36.7. The number of rotatable bonds is 6. The Hall–Kier alpha value is -2.64. The van der Waals surface area contributed by atoms with Gasteiger partial charge in [-0.3, -0.25) is 14.6 Å². The molecular formula is C26H33ClN4O3. The summed E-state index contributed by atoms with van der Waals surface area (Å²) in [6, 6.07) is 11.0. The summed E-state index contributed by atoms with van der Waals surface area (Å²) in [6.07, 6.45) is 3.49. The van der Waals surface area contributed by atoms with Crippen LogP contribution in [0.15, 0.2) is 42.6 Å². The number of carbonyl (C=O) groups excluding carboxylic acids is 2. The van der Waals surface area contributed by atoms with Gasteiger partial charge < -0.3 is 19.4 Å². The summed E-state index contributed by atoms with van der Waals surface area (Å²) in [7, 11) is 2.08. The van der Waals surface area contributed by atoms with Crippen molar-refractivity contribution in [2.75, 3.05) is 52.9 Å². The van der Waals surface area contributed by atoms with Gasteiger partial charge in [0, 0.05) is 62.3 Å². The second-order valence-electron chi connectivity index (χ2n) is 9.56. The topological polar surface area (TPSA) is 66.0 Å². The molecule has 8 heteroatoms. The summed E-state index contributed by atoms with van der Waals surface area (Å²) in [6.45, 7) is 6.79. The van der Waals surface area contributed by atoms with Crippen LogP contribution in [0.3, 0.4) is 0 Å². The van der Waals surface area contributed by atoms with Gasteiger partial charge in [-0.05, 0) is 62.7 Å². The summed E-state index contributed by atoms with van der Waals surface area (Å²) in [5.74, 6) is 0.863. The number of amides is 2. The molecule has 2 aliphatic heterocycles. The molecule has 7 nitrogen and oxygen atoms in total. The third kappa shape index (κ3) is 5.88. The largest absolute Gasteiger partial charge is 0.493 e. The van der Waals surface area contributed by atoms with Crippen LogP contribution in [0.2, 0.25) is 5.02 Å². The summed E-state index contributed by atoms with van der Waals surface area (Å²) in [5.41, 5.74) is 1.05. The van der Waals surface area contributed by atoms with Crippen LogP contribution in [0.4, 0.5) is 0 Å². The second-order valence-corrected chi connectivity index (χ2v) is 10.0. The molecule has 0 bridgehead atoms. The summed E-state index contributed by atoms with van der Waals surface area (Å²) >= 11 is 6.01. The fraction of sp³-hybridized carbons (Fsp3) is 0.500. The maximum atomic E-state index is 13.3. The number of benzene rings is 1. The van der Waals surface area contributed by atoms with Crippen LogP contribution in [0.1, 0.15) is 35.3 Å². The zero-order valence-corrected chi connectivity index (χ0v) is 20.8. The molecule has 2 aromatic rings. The first-order chi connectivity index (χ1) is 16.3. The molecule has 1 aromatic carbocycles. The molecular weight excluding hydrogens is 452 g/mol. The van der Waals surface area contributed by atoms with Crippen LogP contribution in [0.25, 0.3) is 0 Å². The lowest BCUT2D eigenvalue weighted by atomic mass is 9.75. The Kier molecular flexibility index (Phi) is 7.73. The third-order valence-electron chi connectivity index (χ3n) is 7.06. The van der Waals surface area contributed by atoms with E-state index in [0.717, 1.165) is 37.5 Å². The average Bonchev–Trinajstić information content (AvgIpc) is 2.84. The molecule has 0 N–H and O–H groups in total. The van der Waals surface area contributed by atoms with Gasteiger partial charge in [0.15, 0.2) is 0 Å². The normalized spacial score (nSPS) is 18.6. The van der Waals surface area contributed by atoms with Gasteiger partial charge in [0.2, 0.25) is 5.91 Å². The van der Waals surface area contributed by atoms with Crippen LogP contribution in [0.5, 0.6) is 5.75 Å². The van der Waals surface area contributed by atoms with Crippen molar-refractivity contribution in [3.05, 3.63) is 58.9 Å². The molecule has 4 rings (SSSR count). The predicted octanol–water partition coefficient (Wildman–Crippen LogP) is 3.51. The lowest BCUT2D eigenvalue weighted by molar-refractivity contribution is -0.136. The number of likely N-dealkylation sites (tertiary alicyclic amines) is 1. The number of carbonyl (C=O) groups is 2. The molecule has 2 saturated heterocycles. The van der Waals surface area contributed by atoms with Crippen molar-refractivity contribution in [3.8, 4) is 5.75 Å². The van der Waals surface area contributed by atoms with E-state index in [1.165, 1.54) is 0 Å². The van der Waals surface area contributed by atoms with Crippen LogP contribution in [0, 0.1) is 12.3 Å². The van der Waals surface area contributed by atoms with Crippen molar-refractivity contribution < 1.29 is 14.3 Å². The minimum Gasteiger partial charge on any atom is -0.493 e. The molecule has 0 spiro atoms. The van der Waals surface area contributed by atoms with Gasteiger partial charge in [-0.2, -0.15) is 0 Å². The quantitative estimate of drug-likeness (QED) is 0.627. The van der Waals surface area contributed by atoms with E-state index in [1.807, 2.05) is 41.0 Å². The average molecular weight is 485 g/mol. The molecule has 0 unspecified atom stereocenters. The Morgan fingerprint density at radius 3 is 2.32 bits per heavy atom. The Morgan fingerprint density at radius 1 is 1.00 bits per heavy atom. The number of piperazine rings is 1. The molecule has 2 amide bonds. The number of nitrogens with zero attached hydrogens (tertiary/aromatic N) is 4. The van der Waals surface area contributed by atoms with Gasteiger partial charge in [-0.15, -0.1) is 0 Å². The van der Waals surface area contributed by atoms with Crippen molar-refractivity contribution in [2.45, 2.75) is 26.2 Å². The number of hydrogen-bond acceptors (Lipinski definition) is 5. The highest BCUT2D eigenvalue weighted by atomic mass is 35.5. The van der Waals surface area contributed by atoms with Crippen molar-refractivity contribution in [3.63, 3.8) is 0 Å². The number of aromatic nitrogens is 1. The molecule has 0 atom stereocenters. The number of likely N-dealkylation sites (N-methyl/N-ethyl adjacent to an activating group) is 1. The number of halogens is 1. The van der Waals surface area contributed by atoms with Gasteiger partial charge in [0.25, 0.3) is 5.91 Å². The number of hydrogen-bond donors (Lipinski definition) is 0. The highest BCUT2D eigenvalue weighted by Crippen LogP contribution is 2.37. The van der Waals surface area contributed by atoms with E-state index in [4.69, 9.17) is 16.3 Å².